The number of rotatable bonds is 3. The van der Waals surface area contributed by atoms with Gasteiger partial charge in [0, 0.05) is 11.8 Å². The minimum absolute atomic E-state index is 0.289. The highest BCUT2D eigenvalue weighted by Crippen LogP contribution is 2.27. The van der Waals surface area contributed by atoms with Gasteiger partial charge < -0.3 is 4.74 Å². The summed E-state index contributed by atoms with van der Waals surface area (Å²) in [6.07, 6.45) is 6.69. The van der Waals surface area contributed by atoms with Gasteiger partial charge in [-0.1, -0.05) is 18.1 Å². The number of sulfone groups is 1. The maximum absolute atomic E-state index is 11.4. The van der Waals surface area contributed by atoms with Gasteiger partial charge in [0.05, 0.1) is 12.0 Å². The molecule has 0 aliphatic rings. The Morgan fingerprint density at radius 2 is 1.75 bits per heavy atom. The Morgan fingerprint density at radius 1 is 1.10 bits per heavy atom. The van der Waals surface area contributed by atoms with Gasteiger partial charge in [-0.3, -0.25) is 0 Å². The first-order valence-corrected chi connectivity index (χ1v) is 7.80. The molecule has 0 unspecified atom stereocenters. The van der Waals surface area contributed by atoms with E-state index in [4.69, 9.17) is 11.2 Å². The van der Waals surface area contributed by atoms with Crippen LogP contribution < -0.4 is 4.74 Å². The molecule has 2 aromatic rings. The first-order valence-electron chi connectivity index (χ1n) is 5.91. The molecule has 0 amide bonds. The van der Waals surface area contributed by atoms with Gasteiger partial charge in [-0.25, -0.2) is 8.42 Å². The number of methoxy groups -OCH3 is 1. The van der Waals surface area contributed by atoms with Gasteiger partial charge in [0.25, 0.3) is 0 Å². The molecule has 3 nitrogen and oxygen atoms in total. The van der Waals surface area contributed by atoms with Gasteiger partial charge in [-0.15, -0.1) is 6.42 Å². The summed E-state index contributed by atoms with van der Waals surface area (Å²) in [5.74, 6) is 3.30. The van der Waals surface area contributed by atoms with Crippen LogP contribution in [-0.4, -0.2) is 21.8 Å². The van der Waals surface area contributed by atoms with Crippen molar-refractivity contribution in [3.8, 4) is 29.2 Å². The fraction of sp³-hybridized carbons (Fsp3) is 0.125. The van der Waals surface area contributed by atoms with Crippen LogP contribution in [-0.2, 0) is 9.84 Å². The van der Waals surface area contributed by atoms with Crippen molar-refractivity contribution in [3.63, 3.8) is 0 Å². The van der Waals surface area contributed by atoms with E-state index in [0.29, 0.717) is 11.3 Å². The molecule has 0 spiro atoms. The maximum Gasteiger partial charge on any atom is 0.175 e. The molecule has 0 aromatic heterocycles. The topological polar surface area (TPSA) is 43.4 Å². The van der Waals surface area contributed by atoms with E-state index >= 15 is 0 Å². The quantitative estimate of drug-likeness (QED) is 0.815. The van der Waals surface area contributed by atoms with E-state index in [-0.39, 0.29) is 4.90 Å². The zero-order valence-corrected chi connectivity index (χ0v) is 12.1. The third kappa shape index (κ3) is 2.84. The van der Waals surface area contributed by atoms with E-state index in [1.165, 1.54) is 6.26 Å². The van der Waals surface area contributed by atoms with E-state index in [9.17, 15) is 8.42 Å². The molecular formula is C16H14O3S. The molecule has 0 atom stereocenters. The van der Waals surface area contributed by atoms with Crippen LogP contribution in [0.2, 0.25) is 0 Å². The molecular weight excluding hydrogens is 272 g/mol. The van der Waals surface area contributed by atoms with Crippen molar-refractivity contribution in [3.05, 3.63) is 48.0 Å². The number of hydrogen-bond acceptors (Lipinski definition) is 3. The summed E-state index contributed by atoms with van der Waals surface area (Å²) in [6.45, 7) is 0. The molecule has 0 saturated heterocycles. The number of hydrogen-bond donors (Lipinski definition) is 0. The monoisotopic (exact) mass is 286 g/mol. The molecule has 20 heavy (non-hydrogen) atoms. The lowest BCUT2D eigenvalue weighted by Gasteiger charge is -2.08. The lowest BCUT2D eigenvalue weighted by atomic mass is 10.00. The molecule has 2 aromatic carbocycles. The zero-order chi connectivity index (χ0) is 14.8. The van der Waals surface area contributed by atoms with Crippen LogP contribution in [0.1, 0.15) is 5.56 Å². The van der Waals surface area contributed by atoms with Crippen molar-refractivity contribution in [2.75, 3.05) is 13.4 Å². The fourth-order valence-corrected chi connectivity index (χ4v) is 2.53. The molecule has 0 N–H and O–H groups in total. The first kappa shape index (κ1) is 14.2. The predicted octanol–water partition coefficient (Wildman–Crippen LogP) is 2.75. The molecule has 0 heterocycles. The average molecular weight is 286 g/mol. The van der Waals surface area contributed by atoms with E-state index in [1.54, 1.807) is 37.4 Å². The predicted molar refractivity (Wildman–Crippen MR) is 79.5 cm³/mol. The van der Waals surface area contributed by atoms with Crippen molar-refractivity contribution in [2.45, 2.75) is 4.90 Å². The van der Waals surface area contributed by atoms with Gasteiger partial charge in [-0.2, -0.15) is 0 Å². The molecule has 0 aliphatic carbocycles. The Kier molecular flexibility index (Phi) is 3.82. The van der Waals surface area contributed by atoms with E-state index in [0.717, 1.165) is 11.1 Å². The van der Waals surface area contributed by atoms with Crippen molar-refractivity contribution >= 4 is 9.84 Å². The number of benzene rings is 2. The summed E-state index contributed by atoms with van der Waals surface area (Å²) in [5, 5.41) is 0. The number of terminal acetylenes is 1. The molecule has 0 radical (unpaired) electrons. The standard InChI is InChI=1S/C16H14O3S/c1-4-12-11-14(19-2)7-10-16(12)13-5-8-15(9-6-13)20(3,17)18/h1,5-11H,2-3H3. The van der Waals surface area contributed by atoms with Crippen molar-refractivity contribution in [1.82, 2.24) is 0 Å². The molecule has 0 fully saturated rings. The number of ether oxygens (including phenoxy) is 1. The SMILES string of the molecule is C#Cc1cc(OC)ccc1-c1ccc(S(C)(=O)=O)cc1. The smallest absolute Gasteiger partial charge is 0.175 e. The third-order valence-corrected chi connectivity index (χ3v) is 4.10. The Bertz CT molecular complexity index is 766. The Hall–Kier alpha value is -2.25. The Labute approximate surface area is 119 Å². The van der Waals surface area contributed by atoms with Gasteiger partial charge in [0.2, 0.25) is 0 Å². The van der Waals surface area contributed by atoms with Crippen LogP contribution in [0.25, 0.3) is 11.1 Å². The fourth-order valence-electron chi connectivity index (χ4n) is 1.90. The summed E-state index contributed by atoms with van der Waals surface area (Å²) in [5.41, 5.74) is 2.44. The third-order valence-electron chi connectivity index (χ3n) is 2.98. The van der Waals surface area contributed by atoms with Gasteiger partial charge in [0.15, 0.2) is 9.84 Å². The van der Waals surface area contributed by atoms with Crippen LogP contribution >= 0.6 is 0 Å². The molecule has 2 rings (SSSR count). The van der Waals surface area contributed by atoms with E-state index in [1.807, 2.05) is 12.1 Å². The highest BCUT2D eigenvalue weighted by Gasteiger charge is 2.09. The Morgan fingerprint density at radius 3 is 2.25 bits per heavy atom. The van der Waals surface area contributed by atoms with E-state index in [2.05, 4.69) is 5.92 Å². The highest BCUT2D eigenvalue weighted by atomic mass is 32.2. The van der Waals surface area contributed by atoms with E-state index < -0.39 is 9.84 Å². The molecule has 4 heteroatoms. The second kappa shape index (κ2) is 5.40. The second-order valence-electron chi connectivity index (χ2n) is 4.35. The normalized spacial score (nSPS) is 10.8. The van der Waals surface area contributed by atoms with Crippen molar-refractivity contribution in [1.29, 1.82) is 0 Å². The van der Waals surface area contributed by atoms with Crippen LogP contribution in [0.5, 0.6) is 5.75 Å². The summed E-state index contributed by atoms with van der Waals surface area (Å²) >= 11 is 0. The first-order chi connectivity index (χ1) is 9.45. The van der Waals surface area contributed by atoms with Gasteiger partial charge >= 0.3 is 0 Å². The maximum atomic E-state index is 11.4. The molecule has 0 bridgehead atoms. The molecule has 102 valence electrons. The van der Waals surface area contributed by atoms with Crippen molar-refractivity contribution in [2.24, 2.45) is 0 Å². The summed E-state index contributed by atoms with van der Waals surface area (Å²) in [6, 6.07) is 12.1. The second-order valence-corrected chi connectivity index (χ2v) is 6.37. The summed E-state index contributed by atoms with van der Waals surface area (Å²) in [4.78, 5) is 0.289. The lowest BCUT2D eigenvalue weighted by molar-refractivity contribution is 0.415. The minimum Gasteiger partial charge on any atom is -0.497 e. The largest absolute Gasteiger partial charge is 0.497 e. The lowest BCUT2D eigenvalue weighted by Crippen LogP contribution is -1.96. The van der Waals surface area contributed by atoms with Gasteiger partial charge in [0.1, 0.15) is 5.75 Å². The summed E-state index contributed by atoms with van der Waals surface area (Å²) in [7, 11) is -1.61. The van der Waals surface area contributed by atoms with Crippen LogP contribution in [0.4, 0.5) is 0 Å². The highest BCUT2D eigenvalue weighted by molar-refractivity contribution is 7.90. The van der Waals surface area contributed by atoms with Crippen LogP contribution in [0, 0.1) is 12.3 Å². The van der Waals surface area contributed by atoms with Crippen molar-refractivity contribution < 1.29 is 13.2 Å². The minimum atomic E-state index is -3.19. The Balaban J connectivity index is 2.50. The van der Waals surface area contributed by atoms with Crippen LogP contribution in [0.3, 0.4) is 0 Å². The molecule has 0 saturated carbocycles. The average Bonchev–Trinajstić information content (AvgIpc) is 2.45. The zero-order valence-electron chi connectivity index (χ0n) is 11.3. The summed E-state index contributed by atoms with van der Waals surface area (Å²) < 4.78 is 28.0. The molecule has 0 aliphatic heterocycles. The van der Waals surface area contributed by atoms with Crippen LogP contribution in [0.15, 0.2) is 47.4 Å². The van der Waals surface area contributed by atoms with Gasteiger partial charge in [-0.05, 0) is 41.5 Å².